The predicted molar refractivity (Wildman–Crippen MR) is 42.6 cm³/mol. The number of rotatable bonds is 4. The molecule has 0 bridgehead atoms. The Balaban J connectivity index is 3.04. The fraction of sp³-hybridized carbons (Fsp3) is 0.750. The van der Waals surface area contributed by atoms with E-state index in [2.05, 4.69) is 38.1 Å². The van der Waals surface area contributed by atoms with Crippen LogP contribution in [0.1, 0.15) is 19.8 Å². The van der Waals surface area contributed by atoms with Crippen molar-refractivity contribution in [1.82, 2.24) is 4.90 Å². The average Bonchev–Trinajstić information content (AvgIpc) is 1.80. The van der Waals surface area contributed by atoms with Gasteiger partial charge >= 0.3 is 0 Å². The summed E-state index contributed by atoms with van der Waals surface area (Å²) in [4.78, 5) is 2.16. The molecule has 0 aromatic heterocycles. The summed E-state index contributed by atoms with van der Waals surface area (Å²) in [6.07, 6.45) is 6.92. The Kier molecular flexibility index (Phi) is 5.64. The highest BCUT2D eigenvalue weighted by molar-refractivity contribution is 4.82. The number of allylic oxidation sites excluding steroid dienone is 1. The molecule has 54 valence electrons. The van der Waals surface area contributed by atoms with Crippen molar-refractivity contribution >= 4 is 0 Å². The van der Waals surface area contributed by atoms with Crippen LogP contribution in [-0.2, 0) is 0 Å². The summed E-state index contributed by atoms with van der Waals surface area (Å²) in [5.41, 5.74) is 0. The van der Waals surface area contributed by atoms with Crippen molar-refractivity contribution in [2.75, 3.05) is 20.6 Å². The van der Waals surface area contributed by atoms with E-state index in [-0.39, 0.29) is 0 Å². The standard InChI is InChI=1S/C8H17N/c1-4-5-6-7-8-9(2)3/h6-7H,4-5,8H2,1-3H3. The zero-order valence-corrected chi connectivity index (χ0v) is 6.72. The van der Waals surface area contributed by atoms with Crippen LogP contribution in [0.3, 0.4) is 0 Å². The second-order valence-corrected chi connectivity index (χ2v) is 2.52. The van der Waals surface area contributed by atoms with Crippen LogP contribution in [0.25, 0.3) is 0 Å². The Morgan fingerprint density at radius 1 is 1.22 bits per heavy atom. The van der Waals surface area contributed by atoms with Gasteiger partial charge in [0.2, 0.25) is 0 Å². The molecule has 0 aliphatic rings. The third-order valence-electron chi connectivity index (χ3n) is 1.09. The van der Waals surface area contributed by atoms with Gasteiger partial charge in [0.05, 0.1) is 0 Å². The fourth-order valence-corrected chi connectivity index (χ4v) is 0.570. The highest BCUT2D eigenvalue weighted by Crippen LogP contribution is 1.87. The molecule has 0 atom stereocenters. The average molecular weight is 127 g/mol. The van der Waals surface area contributed by atoms with Crippen LogP contribution in [0.15, 0.2) is 12.2 Å². The van der Waals surface area contributed by atoms with Crippen LogP contribution < -0.4 is 0 Å². The molecule has 9 heavy (non-hydrogen) atoms. The number of nitrogens with zero attached hydrogens (tertiary/aromatic N) is 1. The topological polar surface area (TPSA) is 3.24 Å². The lowest BCUT2D eigenvalue weighted by Gasteiger charge is -2.02. The van der Waals surface area contributed by atoms with Crippen molar-refractivity contribution in [3.05, 3.63) is 12.2 Å². The van der Waals surface area contributed by atoms with E-state index in [0.717, 1.165) is 6.54 Å². The van der Waals surface area contributed by atoms with Gasteiger partial charge in [-0.3, -0.25) is 0 Å². The van der Waals surface area contributed by atoms with Crippen molar-refractivity contribution in [3.63, 3.8) is 0 Å². The summed E-state index contributed by atoms with van der Waals surface area (Å²) >= 11 is 0. The maximum Gasteiger partial charge on any atom is 0.0157 e. The lowest BCUT2D eigenvalue weighted by molar-refractivity contribution is 0.456. The van der Waals surface area contributed by atoms with Gasteiger partial charge in [0.1, 0.15) is 0 Å². The maximum absolute atomic E-state index is 2.24. The molecule has 0 aliphatic heterocycles. The number of likely N-dealkylation sites (N-methyl/N-ethyl adjacent to an activating group) is 1. The number of hydrogen-bond acceptors (Lipinski definition) is 1. The molecule has 1 nitrogen and oxygen atoms in total. The molecule has 0 saturated carbocycles. The minimum Gasteiger partial charge on any atom is -0.306 e. The SMILES string of the molecule is CCCC=CCN(C)C. The van der Waals surface area contributed by atoms with Gasteiger partial charge in [0.15, 0.2) is 0 Å². The molecule has 0 fully saturated rings. The third kappa shape index (κ3) is 7.70. The molecule has 0 rings (SSSR count). The molecule has 0 heterocycles. The smallest absolute Gasteiger partial charge is 0.0157 e. The van der Waals surface area contributed by atoms with Gasteiger partial charge in [-0.1, -0.05) is 25.5 Å². The van der Waals surface area contributed by atoms with Gasteiger partial charge in [0.25, 0.3) is 0 Å². The van der Waals surface area contributed by atoms with Crippen LogP contribution >= 0.6 is 0 Å². The first-order chi connectivity index (χ1) is 4.27. The molecule has 0 unspecified atom stereocenters. The Bertz CT molecular complexity index is 74.6. The summed E-state index contributed by atoms with van der Waals surface area (Å²) in [6, 6.07) is 0. The van der Waals surface area contributed by atoms with Gasteiger partial charge in [-0.2, -0.15) is 0 Å². The van der Waals surface area contributed by atoms with Crippen molar-refractivity contribution in [2.24, 2.45) is 0 Å². The summed E-state index contributed by atoms with van der Waals surface area (Å²) < 4.78 is 0. The quantitative estimate of drug-likeness (QED) is 0.521. The van der Waals surface area contributed by atoms with E-state index in [0.29, 0.717) is 0 Å². The number of hydrogen-bond donors (Lipinski definition) is 0. The van der Waals surface area contributed by atoms with E-state index < -0.39 is 0 Å². The minimum absolute atomic E-state index is 1.07. The van der Waals surface area contributed by atoms with Crippen molar-refractivity contribution < 1.29 is 0 Å². The Labute approximate surface area is 58.4 Å². The molecule has 1 heteroatoms. The van der Waals surface area contributed by atoms with E-state index in [1.807, 2.05) is 0 Å². The van der Waals surface area contributed by atoms with Crippen LogP contribution in [0.2, 0.25) is 0 Å². The maximum atomic E-state index is 2.24. The van der Waals surface area contributed by atoms with Crippen LogP contribution in [0, 0.1) is 0 Å². The summed E-state index contributed by atoms with van der Waals surface area (Å²) in [5.74, 6) is 0. The monoisotopic (exact) mass is 127 g/mol. The summed E-state index contributed by atoms with van der Waals surface area (Å²) in [5, 5.41) is 0. The van der Waals surface area contributed by atoms with E-state index in [9.17, 15) is 0 Å². The Morgan fingerprint density at radius 3 is 2.33 bits per heavy atom. The van der Waals surface area contributed by atoms with Crippen molar-refractivity contribution in [1.29, 1.82) is 0 Å². The molecule has 0 saturated heterocycles. The van der Waals surface area contributed by atoms with E-state index in [1.54, 1.807) is 0 Å². The Morgan fingerprint density at radius 2 is 1.89 bits per heavy atom. The summed E-state index contributed by atoms with van der Waals surface area (Å²) in [6.45, 7) is 3.26. The van der Waals surface area contributed by atoms with Crippen LogP contribution in [-0.4, -0.2) is 25.5 Å². The van der Waals surface area contributed by atoms with Gasteiger partial charge in [-0.15, -0.1) is 0 Å². The molecular formula is C8H17N. The molecule has 0 N–H and O–H groups in total. The normalized spacial score (nSPS) is 11.6. The molecule has 0 radical (unpaired) electrons. The Hall–Kier alpha value is -0.300. The first kappa shape index (κ1) is 8.70. The third-order valence-corrected chi connectivity index (χ3v) is 1.09. The van der Waals surface area contributed by atoms with E-state index >= 15 is 0 Å². The first-order valence-electron chi connectivity index (χ1n) is 3.57. The molecular weight excluding hydrogens is 110 g/mol. The van der Waals surface area contributed by atoms with Crippen LogP contribution in [0.4, 0.5) is 0 Å². The van der Waals surface area contributed by atoms with Gasteiger partial charge in [-0.05, 0) is 20.5 Å². The molecule has 0 amide bonds. The second-order valence-electron chi connectivity index (χ2n) is 2.52. The van der Waals surface area contributed by atoms with Gasteiger partial charge < -0.3 is 4.90 Å². The summed E-state index contributed by atoms with van der Waals surface area (Å²) in [7, 11) is 4.16. The van der Waals surface area contributed by atoms with Crippen molar-refractivity contribution in [3.8, 4) is 0 Å². The zero-order valence-electron chi connectivity index (χ0n) is 6.72. The van der Waals surface area contributed by atoms with Crippen molar-refractivity contribution in [2.45, 2.75) is 19.8 Å². The van der Waals surface area contributed by atoms with Crippen LogP contribution in [0.5, 0.6) is 0 Å². The van der Waals surface area contributed by atoms with Gasteiger partial charge in [-0.25, -0.2) is 0 Å². The molecule has 0 aliphatic carbocycles. The molecule has 0 aromatic rings. The van der Waals surface area contributed by atoms with E-state index in [1.165, 1.54) is 12.8 Å². The molecule has 0 aromatic carbocycles. The molecule has 0 spiro atoms. The minimum atomic E-state index is 1.07. The zero-order chi connectivity index (χ0) is 7.11. The largest absolute Gasteiger partial charge is 0.306 e. The highest BCUT2D eigenvalue weighted by atomic mass is 15.0. The van der Waals surface area contributed by atoms with Gasteiger partial charge in [0, 0.05) is 6.54 Å². The lowest BCUT2D eigenvalue weighted by Crippen LogP contribution is -2.10. The van der Waals surface area contributed by atoms with E-state index in [4.69, 9.17) is 0 Å². The highest BCUT2D eigenvalue weighted by Gasteiger charge is 1.79. The predicted octanol–water partition coefficient (Wildman–Crippen LogP) is 1.90. The number of unbranched alkanes of at least 4 members (excludes halogenated alkanes) is 1. The second kappa shape index (κ2) is 5.83. The fourth-order valence-electron chi connectivity index (χ4n) is 0.570. The first-order valence-corrected chi connectivity index (χ1v) is 3.57. The lowest BCUT2D eigenvalue weighted by atomic mass is 10.3.